The smallest absolute Gasteiger partial charge is 0.257 e. The molecule has 104 valence electrons. The van der Waals surface area contributed by atoms with Crippen LogP contribution in [-0.4, -0.2) is 36.5 Å². The minimum atomic E-state index is -0.791. The highest BCUT2D eigenvalue weighted by atomic mass is 35.5. The second-order valence-corrected chi connectivity index (χ2v) is 4.89. The van der Waals surface area contributed by atoms with Gasteiger partial charge in [0.1, 0.15) is 11.6 Å². The van der Waals surface area contributed by atoms with Crippen molar-refractivity contribution in [2.24, 2.45) is 0 Å². The van der Waals surface area contributed by atoms with Crippen molar-refractivity contribution in [2.75, 3.05) is 19.6 Å². The third-order valence-electron chi connectivity index (χ3n) is 3.32. The Hall–Kier alpha value is -1.20. The zero-order chi connectivity index (χ0) is 14.0. The van der Waals surface area contributed by atoms with Crippen LogP contribution in [0.4, 0.5) is 8.78 Å². The van der Waals surface area contributed by atoms with Crippen molar-refractivity contribution in [1.82, 2.24) is 10.2 Å². The molecular weight excluding hydrogens is 274 g/mol. The van der Waals surface area contributed by atoms with Gasteiger partial charge in [-0.05, 0) is 32.0 Å². The van der Waals surface area contributed by atoms with Gasteiger partial charge in [0.25, 0.3) is 5.91 Å². The monoisotopic (exact) mass is 288 g/mol. The van der Waals surface area contributed by atoms with Crippen LogP contribution in [0.3, 0.4) is 0 Å². The maximum atomic E-state index is 13.8. The summed E-state index contributed by atoms with van der Waals surface area (Å²) in [6.07, 6.45) is 0.817. The van der Waals surface area contributed by atoms with Crippen molar-refractivity contribution in [2.45, 2.75) is 19.4 Å². The van der Waals surface area contributed by atoms with Gasteiger partial charge in [-0.3, -0.25) is 4.79 Å². The van der Waals surface area contributed by atoms with Gasteiger partial charge in [0, 0.05) is 19.1 Å². The number of benzene rings is 1. The maximum absolute atomic E-state index is 13.8. The lowest BCUT2D eigenvalue weighted by atomic mass is 10.1. The molecule has 1 aromatic rings. The molecule has 1 heterocycles. The average molecular weight is 289 g/mol. The highest BCUT2D eigenvalue weighted by molar-refractivity contribution is 6.30. The maximum Gasteiger partial charge on any atom is 0.257 e. The fraction of sp³-hybridized carbons (Fsp3) is 0.462. The summed E-state index contributed by atoms with van der Waals surface area (Å²) < 4.78 is 27.1. The minimum absolute atomic E-state index is 0.0237. The van der Waals surface area contributed by atoms with Crippen molar-refractivity contribution in [3.8, 4) is 0 Å². The second kappa shape index (κ2) is 5.84. The predicted molar refractivity (Wildman–Crippen MR) is 69.4 cm³/mol. The van der Waals surface area contributed by atoms with E-state index in [1.165, 1.54) is 0 Å². The number of rotatable bonds is 3. The molecule has 0 aromatic heterocycles. The first-order valence-electron chi connectivity index (χ1n) is 6.20. The van der Waals surface area contributed by atoms with E-state index in [2.05, 4.69) is 5.32 Å². The number of hydrogen-bond donors (Lipinski definition) is 1. The number of amides is 1. The predicted octanol–water partition coefficient (Wildman–Crippen LogP) is 2.44. The standard InChI is InChI=1S/C13H15ClF2N2O/c1-2-18(8-3-4-17-7-8)13(19)9-5-12(16)10(14)6-11(9)15/h5-6,8,17H,2-4,7H2,1H3. The molecule has 1 saturated heterocycles. The Morgan fingerprint density at radius 1 is 1.47 bits per heavy atom. The van der Waals surface area contributed by atoms with E-state index in [0.29, 0.717) is 13.1 Å². The van der Waals surface area contributed by atoms with Crippen molar-refractivity contribution >= 4 is 17.5 Å². The molecule has 1 fully saturated rings. The summed E-state index contributed by atoms with van der Waals surface area (Å²) in [5, 5.41) is 2.83. The van der Waals surface area contributed by atoms with Gasteiger partial charge in [0.15, 0.2) is 0 Å². The highest BCUT2D eigenvalue weighted by Gasteiger charge is 2.28. The lowest BCUT2D eigenvalue weighted by molar-refractivity contribution is 0.0698. The molecule has 1 aliphatic rings. The first kappa shape index (κ1) is 14.2. The van der Waals surface area contributed by atoms with Gasteiger partial charge in [0.2, 0.25) is 0 Å². The number of halogens is 3. The molecule has 0 aliphatic carbocycles. The van der Waals surface area contributed by atoms with Gasteiger partial charge in [-0.2, -0.15) is 0 Å². The quantitative estimate of drug-likeness (QED) is 0.867. The van der Waals surface area contributed by atoms with Gasteiger partial charge < -0.3 is 10.2 Å². The van der Waals surface area contributed by atoms with E-state index < -0.39 is 17.5 Å². The summed E-state index contributed by atoms with van der Waals surface area (Å²) in [6.45, 7) is 3.78. The summed E-state index contributed by atoms with van der Waals surface area (Å²) in [6, 6.07) is 1.73. The number of carbonyl (C=O) groups is 1. The number of nitrogens with one attached hydrogen (secondary N) is 1. The summed E-state index contributed by atoms with van der Waals surface area (Å²) in [5.41, 5.74) is -0.268. The zero-order valence-electron chi connectivity index (χ0n) is 10.5. The van der Waals surface area contributed by atoms with Crippen molar-refractivity contribution in [3.63, 3.8) is 0 Å². The topological polar surface area (TPSA) is 32.3 Å². The van der Waals surface area contributed by atoms with Crippen LogP contribution in [-0.2, 0) is 0 Å². The van der Waals surface area contributed by atoms with Crippen LogP contribution in [0, 0.1) is 11.6 Å². The van der Waals surface area contributed by atoms with Crippen LogP contribution in [0.5, 0.6) is 0 Å². The first-order valence-corrected chi connectivity index (χ1v) is 6.58. The number of hydrogen-bond acceptors (Lipinski definition) is 2. The number of nitrogens with zero attached hydrogens (tertiary/aromatic N) is 1. The van der Waals surface area contributed by atoms with Crippen molar-refractivity contribution < 1.29 is 13.6 Å². The van der Waals surface area contributed by atoms with Gasteiger partial charge in [-0.15, -0.1) is 0 Å². The molecule has 19 heavy (non-hydrogen) atoms. The van der Waals surface area contributed by atoms with Gasteiger partial charge in [-0.1, -0.05) is 11.6 Å². The van der Waals surface area contributed by atoms with Crippen LogP contribution in [0.15, 0.2) is 12.1 Å². The van der Waals surface area contributed by atoms with Gasteiger partial charge in [-0.25, -0.2) is 8.78 Å². The van der Waals surface area contributed by atoms with Crippen LogP contribution < -0.4 is 5.32 Å². The lowest BCUT2D eigenvalue weighted by Gasteiger charge is -2.27. The Balaban J connectivity index is 2.29. The zero-order valence-corrected chi connectivity index (χ0v) is 11.3. The van der Waals surface area contributed by atoms with Crippen molar-refractivity contribution in [3.05, 3.63) is 34.4 Å². The van der Waals surface area contributed by atoms with E-state index in [1.54, 1.807) is 4.90 Å². The number of likely N-dealkylation sites (N-methyl/N-ethyl adjacent to an activating group) is 1. The number of carbonyl (C=O) groups excluding carboxylic acids is 1. The summed E-state index contributed by atoms with van der Waals surface area (Å²) >= 11 is 5.48. The molecule has 6 heteroatoms. The molecule has 1 atom stereocenters. The molecule has 1 unspecified atom stereocenters. The summed E-state index contributed by atoms with van der Waals surface area (Å²) in [5.74, 6) is -2.07. The second-order valence-electron chi connectivity index (χ2n) is 4.48. The molecular formula is C13H15ClF2N2O. The average Bonchev–Trinajstić information content (AvgIpc) is 2.88. The summed E-state index contributed by atoms with van der Waals surface area (Å²) in [4.78, 5) is 13.9. The SMILES string of the molecule is CCN(C(=O)c1cc(F)c(Cl)cc1F)C1CCNC1. The fourth-order valence-electron chi connectivity index (χ4n) is 2.31. The van der Waals surface area contributed by atoms with Crippen LogP contribution in [0.1, 0.15) is 23.7 Å². The molecule has 1 aromatic carbocycles. The molecule has 3 nitrogen and oxygen atoms in total. The molecule has 1 N–H and O–H groups in total. The molecule has 0 bridgehead atoms. The molecule has 2 rings (SSSR count). The fourth-order valence-corrected chi connectivity index (χ4v) is 2.46. The highest BCUT2D eigenvalue weighted by Crippen LogP contribution is 2.22. The molecule has 0 spiro atoms. The van der Waals surface area contributed by atoms with E-state index in [1.807, 2.05) is 6.92 Å². The molecule has 1 aliphatic heterocycles. The van der Waals surface area contributed by atoms with Crippen molar-refractivity contribution in [1.29, 1.82) is 0 Å². The molecule has 1 amide bonds. The van der Waals surface area contributed by atoms with Crippen LogP contribution in [0.25, 0.3) is 0 Å². The summed E-state index contributed by atoms with van der Waals surface area (Å²) in [7, 11) is 0. The third-order valence-corrected chi connectivity index (χ3v) is 3.61. The van der Waals surface area contributed by atoms with E-state index in [0.717, 1.165) is 25.1 Å². The van der Waals surface area contributed by atoms with Gasteiger partial charge in [0.05, 0.1) is 10.6 Å². The normalized spacial score (nSPS) is 18.6. The van der Waals surface area contributed by atoms with Gasteiger partial charge >= 0.3 is 0 Å². The Labute approximate surface area is 115 Å². The first-order chi connectivity index (χ1) is 9.04. The largest absolute Gasteiger partial charge is 0.335 e. The van der Waals surface area contributed by atoms with Crippen LogP contribution in [0.2, 0.25) is 5.02 Å². The third kappa shape index (κ3) is 2.87. The van der Waals surface area contributed by atoms with E-state index in [4.69, 9.17) is 11.6 Å². The Morgan fingerprint density at radius 2 is 2.21 bits per heavy atom. The molecule has 0 radical (unpaired) electrons. The Bertz CT molecular complexity index is 490. The minimum Gasteiger partial charge on any atom is -0.335 e. The van der Waals surface area contributed by atoms with Crippen LogP contribution >= 0.6 is 11.6 Å². The molecule has 0 saturated carbocycles. The Kier molecular flexibility index (Phi) is 4.37. The Morgan fingerprint density at radius 3 is 2.79 bits per heavy atom. The lowest BCUT2D eigenvalue weighted by Crippen LogP contribution is -2.41. The van der Waals surface area contributed by atoms with E-state index in [-0.39, 0.29) is 16.6 Å². The van der Waals surface area contributed by atoms with E-state index in [9.17, 15) is 13.6 Å². The van der Waals surface area contributed by atoms with E-state index >= 15 is 0 Å².